The second-order valence-corrected chi connectivity index (χ2v) is 4.74. The molecule has 0 atom stereocenters. The number of nitriles is 1. The number of aliphatic hydroxyl groups is 1. The maximum absolute atomic E-state index is 9.25. The summed E-state index contributed by atoms with van der Waals surface area (Å²) in [5.41, 5.74) is 3.88. The van der Waals surface area contributed by atoms with Crippen molar-refractivity contribution in [3.05, 3.63) is 65.2 Å². The van der Waals surface area contributed by atoms with Gasteiger partial charge in [-0.2, -0.15) is 5.26 Å². The summed E-state index contributed by atoms with van der Waals surface area (Å²) in [5.74, 6) is 0. The molecule has 3 heteroatoms. The van der Waals surface area contributed by atoms with Gasteiger partial charge < -0.3 is 10.0 Å². The zero-order valence-corrected chi connectivity index (χ0v) is 11.6. The Bertz CT molecular complexity index is 602. The first kappa shape index (κ1) is 14.1. The van der Waals surface area contributed by atoms with Crippen molar-refractivity contribution in [2.24, 2.45) is 0 Å². The predicted octanol–water partition coefficient (Wildman–Crippen LogP) is 2.87. The van der Waals surface area contributed by atoms with Gasteiger partial charge in [0.05, 0.1) is 18.2 Å². The molecule has 0 unspecified atom stereocenters. The normalized spacial score (nSPS) is 10.1. The van der Waals surface area contributed by atoms with Crippen LogP contribution in [0.5, 0.6) is 0 Å². The average Bonchev–Trinajstić information content (AvgIpc) is 2.48. The number of aryl methyl sites for hydroxylation is 1. The number of anilines is 1. The topological polar surface area (TPSA) is 47.3 Å². The van der Waals surface area contributed by atoms with Crippen LogP contribution in [0.1, 0.15) is 16.7 Å². The molecule has 0 aromatic heterocycles. The number of rotatable bonds is 5. The Hall–Kier alpha value is -2.31. The summed E-state index contributed by atoms with van der Waals surface area (Å²) < 4.78 is 0. The lowest BCUT2D eigenvalue weighted by molar-refractivity contribution is 0.301. The third kappa shape index (κ3) is 3.37. The Kier molecular flexibility index (Phi) is 4.75. The molecule has 1 N–H and O–H groups in total. The van der Waals surface area contributed by atoms with E-state index in [2.05, 4.69) is 23.1 Å². The van der Waals surface area contributed by atoms with E-state index in [1.165, 1.54) is 5.56 Å². The summed E-state index contributed by atoms with van der Waals surface area (Å²) in [6, 6.07) is 18.1. The van der Waals surface area contributed by atoms with Crippen molar-refractivity contribution in [1.29, 1.82) is 5.26 Å². The summed E-state index contributed by atoms with van der Waals surface area (Å²) >= 11 is 0. The molecule has 2 aromatic rings. The van der Waals surface area contributed by atoms with Crippen molar-refractivity contribution < 1.29 is 5.11 Å². The maximum atomic E-state index is 9.25. The number of hydrogen-bond donors (Lipinski definition) is 1. The lowest BCUT2D eigenvalue weighted by Crippen LogP contribution is -2.26. The van der Waals surface area contributed by atoms with Crippen LogP contribution in [-0.4, -0.2) is 18.3 Å². The largest absolute Gasteiger partial charge is 0.395 e. The standard InChI is InChI=1S/C17H18N2O/c1-14-11-17(8-7-16(14)12-18)19(9-10-20)13-15-5-3-2-4-6-15/h2-8,11,20H,9-10,13H2,1H3. The minimum atomic E-state index is 0.103. The van der Waals surface area contributed by atoms with E-state index in [0.717, 1.165) is 17.8 Å². The third-order valence-electron chi connectivity index (χ3n) is 3.28. The second-order valence-electron chi connectivity index (χ2n) is 4.74. The van der Waals surface area contributed by atoms with Crippen LogP contribution >= 0.6 is 0 Å². The van der Waals surface area contributed by atoms with Crippen LogP contribution < -0.4 is 4.90 Å². The van der Waals surface area contributed by atoms with E-state index in [4.69, 9.17) is 5.26 Å². The minimum Gasteiger partial charge on any atom is -0.395 e. The van der Waals surface area contributed by atoms with E-state index < -0.39 is 0 Å². The molecular weight excluding hydrogens is 248 g/mol. The SMILES string of the molecule is Cc1cc(N(CCO)Cc2ccccc2)ccc1C#N. The van der Waals surface area contributed by atoms with E-state index in [9.17, 15) is 5.11 Å². The smallest absolute Gasteiger partial charge is 0.0994 e. The highest BCUT2D eigenvalue weighted by Gasteiger charge is 2.08. The van der Waals surface area contributed by atoms with E-state index in [0.29, 0.717) is 12.1 Å². The molecule has 0 saturated heterocycles. The Morgan fingerprint density at radius 2 is 1.90 bits per heavy atom. The lowest BCUT2D eigenvalue weighted by atomic mass is 10.1. The van der Waals surface area contributed by atoms with Crippen LogP contribution in [0, 0.1) is 18.3 Å². The minimum absolute atomic E-state index is 0.103. The van der Waals surface area contributed by atoms with Crippen LogP contribution in [0.15, 0.2) is 48.5 Å². The molecule has 0 heterocycles. The first-order chi connectivity index (χ1) is 9.74. The maximum Gasteiger partial charge on any atom is 0.0994 e. The van der Waals surface area contributed by atoms with Gasteiger partial charge in [0.25, 0.3) is 0 Å². The molecule has 102 valence electrons. The van der Waals surface area contributed by atoms with E-state index >= 15 is 0 Å². The Morgan fingerprint density at radius 1 is 1.15 bits per heavy atom. The predicted molar refractivity (Wildman–Crippen MR) is 80.5 cm³/mol. The lowest BCUT2D eigenvalue weighted by Gasteiger charge is -2.24. The monoisotopic (exact) mass is 266 g/mol. The van der Waals surface area contributed by atoms with Gasteiger partial charge in [-0.3, -0.25) is 0 Å². The number of aliphatic hydroxyl groups excluding tert-OH is 1. The van der Waals surface area contributed by atoms with Gasteiger partial charge in [-0.25, -0.2) is 0 Å². The fraction of sp³-hybridized carbons (Fsp3) is 0.235. The van der Waals surface area contributed by atoms with Crippen molar-refractivity contribution in [1.82, 2.24) is 0 Å². The molecule has 0 bridgehead atoms. The van der Waals surface area contributed by atoms with Crippen LogP contribution in [-0.2, 0) is 6.54 Å². The summed E-state index contributed by atoms with van der Waals surface area (Å²) in [6.07, 6.45) is 0. The van der Waals surface area contributed by atoms with Gasteiger partial charge in [0.15, 0.2) is 0 Å². The van der Waals surface area contributed by atoms with Gasteiger partial charge in [0, 0.05) is 18.8 Å². The van der Waals surface area contributed by atoms with Crippen molar-refractivity contribution in [3.8, 4) is 6.07 Å². The summed E-state index contributed by atoms with van der Waals surface area (Å²) in [4.78, 5) is 2.11. The molecule has 0 aliphatic rings. The van der Waals surface area contributed by atoms with Gasteiger partial charge in [-0.1, -0.05) is 30.3 Å². The van der Waals surface area contributed by atoms with E-state index in [-0.39, 0.29) is 6.61 Å². The quantitative estimate of drug-likeness (QED) is 0.905. The first-order valence-electron chi connectivity index (χ1n) is 6.65. The van der Waals surface area contributed by atoms with Crippen molar-refractivity contribution >= 4 is 5.69 Å². The van der Waals surface area contributed by atoms with Gasteiger partial charge in [-0.15, -0.1) is 0 Å². The van der Waals surface area contributed by atoms with E-state index in [1.54, 1.807) is 0 Å². The molecule has 20 heavy (non-hydrogen) atoms. The molecule has 0 amide bonds. The number of benzene rings is 2. The first-order valence-corrected chi connectivity index (χ1v) is 6.65. The molecule has 2 aromatic carbocycles. The van der Waals surface area contributed by atoms with Crippen LogP contribution in [0.3, 0.4) is 0 Å². The second kappa shape index (κ2) is 6.74. The highest BCUT2D eigenvalue weighted by Crippen LogP contribution is 2.20. The van der Waals surface area contributed by atoms with Crippen molar-refractivity contribution in [3.63, 3.8) is 0 Å². The highest BCUT2D eigenvalue weighted by atomic mass is 16.3. The Balaban J connectivity index is 2.24. The zero-order chi connectivity index (χ0) is 14.4. The molecule has 0 saturated carbocycles. The molecular formula is C17H18N2O. The molecule has 2 rings (SSSR count). The molecule has 0 spiro atoms. The summed E-state index contributed by atoms with van der Waals surface area (Å²) in [6.45, 7) is 3.35. The van der Waals surface area contributed by atoms with E-state index in [1.807, 2.05) is 43.3 Å². The van der Waals surface area contributed by atoms with Gasteiger partial charge >= 0.3 is 0 Å². The number of nitrogens with zero attached hydrogens (tertiary/aromatic N) is 2. The summed E-state index contributed by atoms with van der Waals surface area (Å²) in [5, 5.41) is 18.2. The van der Waals surface area contributed by atoms with Crippen LogP contribution in [0.2, 0.25) is 0 Å². The highest BCUT2D eigenvalue weighted by molar-refractivity contribution is 5.53. The molecule has 0 aliphatic heterocycles. The van der Waals surface area contributed by atoms with Crippen LogP contribution in [0.4, 0.5) is 5.69 Å². The Labute approximate surface area is 119 Å². The van der Waals surface area contributed by atoms with Gasteiger partial charge in [0.1, 0.15) is 0 Å². The molecule has 0 radical (unpaired) electrons. The van der Waals surface area contributed by atoms with Gasteiger partial charge in [0.2, 0.25) is 0 Å². The number of hydrogen-bond acceptors (Lipinski definition) is 3. The van der Waals surface area contributed by atoms with Gasteiger partial charge in [-0.05, 0) is 36.2 Å². The zero-order valence-electron chi connectivity index (χ0n) is 11.6. The van der Waals surface area contributed by atoms with Crippen molar-refractivity contribution in [2.75, 3.05) is 18.1 Å². The fourth-order valence-electron chi connectivity index (χ4n) is 2.19. The molecule has 3 nitrogen and oxygen atoms in total. The molecule has 0 aliphatic carbocycles. The molecule has 0 fully saturated rings. The Morgan fingerprint density at radius 3 is 2.50 bits per heavy atom. The van der Waals surface area contributed by atoms with Crippen molar-refractivity contribution in [2.45, 2.75) is 13.5 Å². The van der Waals surface area contributed by atoms with Crippen LogP contribution in [0.25, 0.3) is 0 Å². The fourth-order valence-corrected chi connectivity index (χ4v) is 2.19. The third-order valence-corrected chi connectivity index (χ3v) is 3.28. The average molecular weight is 266 g/mol. The summed E-state index contributed by atoms with van der Waals surface area (Å²) in [7, 11) is 0.